The molecular formula is C17H17N3OS. The number of para-hydroxylation sites is 1. The van der Waals surface area contributed by atoms with Gasteiger partial charge in [-0.1, -0.05) is 42.1 Å². The molecule has 2 heterocycles. The molecule has 112 valence electrons. The maximum Gasteiger partial charge on any atom is 0.196 e. The molecule has 0 aliphatic carbocycles. The molecule has 3 aromatic rings. The lowest BCUT2D eigenvalue weighted by atomic mass is 10.2. The minimum absolute atomic E-state index is 0.793. The topological polar surface area (TPSA) is 43.9 Å². The predicted molar refractivity (Wildman–Crippen MR) is 89.3 cm³/mol. The number of hydrogen-bond acceptors (Lipinski definition) is 4. The first-order valence-electron chi connectivity index (χ1n) is 6.99. The fourth-order valence-corrected chi connectivity index (χ4v) is 2.95. The molecule has 0 N–H and O–H groups in total. The van der Waals surface area contributed by atoms with Crippen molar-refractivity contribution in [3.8, 4) is 17.1 Å². The van der Waals surface area contributed by atoms with Crippen LogP contribution < -0.4 is 0 Å². The highest BCUT2D eigenvalue weighted by atomic mass is 32.2. The van der Waals surface area contributed by atoms with Gasteiger partial charge in [0.25, 0.3) is 0 Å². The van der Waals surface area contributed by atoms with Gasteiger partial charge in [-0.15, -0.1) is 10.2 Å². The fourth-order valence-electron chi connectivity index (χ4n) is 2.15. The Kier molecular flexibility index (Phi) is 4.15. The van der Waals surface area contributed by atoms with E-state index in [1.165, 1.54) is 0 Å². The van der Waals surface area contributed by atoms with Crippen LogP contribution in [0.2, 0.25) is 0 Å². The van der Waals surface area contributed by atoms with E-state index in [4.69, 9.17) is 4.42 Å². The van der Waals surface area contributed by atoms with E-state index in [0.29, 0.717) is 0 Å². The lowest BCUT2D eigenvalue weighted by Crippen LogP contribution is -2.00. The van der Waals surface area contributed by atoms with Crippen LogP contribution in [0.25, 0.3) is 17.1 Å². The summed E-state index contributed by atoms with van der Waals surface area (Å²) < 4.78 is 7.48. The highest BCUT2D eigenvalue weighted by Crippen LogP contribution is 2.30. The molecule has 0 amide bonds. The van der Waals surface area contributed by atoms with E-state index >= 15 is 0 Å². The molecule has 2 aromatic heterocycles. The normalized spacial score (nSPS) is 10.8. The van der Waals surface area contributed by atoms with Gasteiger partial charge in [0, 0.05) is 11.4 Å². The average molecular weight is 311 g/mol. The lowest BCUT2D eigenvalue weighted by Gasteiger charge is -2.09. The first kappa shape index (κ1) is 14.7. The molecule has 0 aliphatic rings. The Hall–Kier alpha value is -2.27. The van der Waals surface area contributed by atoms with Crippen molar-refractivity contribution in [2.75, 3.05) is 5.75 Å². The molecule has 0 saturated carbocycles. The number of nitrogens with zero attached hydrogens (tertiary/aromatic N) is 3. The van der Waals surface area contributed by atoms with Crippen LogP contribution in [-0.2, 0) is 0 Å². The Morgan fingerprint density at radius 1 is 1.23 bits per heavy atom. The fraction of sp³-hybridized carbons (Fsp3) is 0.176. The summed E-state index contributed by atoms with van der Waals surface area (Å²) in [5.74, 6) is 2.44. The van der Waals surface area contributed by atoms with E-state index in [-0.39, 0.29) is 0 Å². The van der Waals surface area contributed by atoms with Crippen LogP contribution in [0.15, 0.2) is 64.4 Å². The summed E-state index contributed by atoms with van der Waals surface area (Å²) in [6.07, 6.45) is 1.68. The van der Waals surface area contributed by atoms with Gasteiger partial charge in [0.05, 0.1) is 11.8 Å². The highest BCUT2D eigenvalue weighted by Gasteiger charge is 2.18. The third kappa shape index (κ3) is 2.85. The standard InChI is InChI=1S/C17H17N3OS/c1-12(2)11-22-17-19-18-16(15-9-10-21-13(15)3)20(17)14-7-5-4-6-8-14/h4-10H,1,11H2,2-3H3. The SMILES string of the molecule is C=C(C)CSc1nnc(-c2ccoc2C)n1-c1ccccc1. The zero-order chi connectivity index (χ0) is 15.5. The first-order chi connectivity index (χ1) is 10.7. The van der Waals surface area contributed by atoms with Crippen LogP contribution in [0.4, 0.5) is 0 Å². The van der Waals surface area contributed by atoms with Crippen LogP contribution in [-0.4, -0.2) is 20.5 Å². The van der Waals surface area contributed by atoms with Crippen molar-refractivity contribution >= 4 is 11.8 Å². The Labute approximate surface area is 133 Å². The predicted octanol–water partition coefficient (Wildman–Crippen LogP) is 4.50. The number of hydrogen-bond donors (Lipinski definition) is 0. The minimum Gasteiger partial charge on any atom is -0.469 e. The van der Waals surface area contributed by atoms with E-state index in [9.17, 15) is 0 Å². The molecule has 0 radical (unpaired) electrons. The second-order valence-electron chi connectivity index (χ2n) is 5.11. The van der Waals surface area contributed by atoms with E-state index in [0.717, 1.165) is 39.3 Å². The zero-order valence-electron chi connectivity index (χ0n) is 12.6. The first-order valence-corrected chi connectivity index (χ1v) is 7.98. The second kappa shape index (κ2) is 6.23. The number of benzene rings is 1. The molecule has 5 heteroatoms. The minimum atomic E-state index is 0.793. The summed E-state index contributed by atoms with van der Waals surface area (Å²) in [7, 11) is 0. The highest BCUT2D eigenvalue weighted by molar-refractivity contribution is 7.99. The molecule has 0 spiro atoms. The van der Waals surface area contributed by atoms with Gasteiger partial charge >= 0.3 is 0 Å². The van der Waals surface area contributed by atoms with E-state index in [2.05, 4.69) is 21.3 Å². The van der Waals surface area contributed by atoms with E-state index in [1.807, 2.05) is 50.2 Å². The molecule has 22 heavy (non-hydrogen) atoms. The van der Waals surface area contributed by atoms with Gasteiger partial charge in [0.15, 0.2) is 11.0 Å². The molecule has 0 atom stereocenters. The van der Waals surface area contributed by atoms with Crippen molar-refractivity contribution in [2.24, 2.45) is 0 Å². The maximum absolute atomic E-state index is 5.42. The smallest absolute Gasteiger partial charge is 0.196 e. The van der Waals surface area contributed by atoms with E-state index < -0.39 is 0 Å². The van der Waals surface area contributed by atoms with Crippen molar-refractivity contribution in [3.63, 3.8) is 0 Å². The van der Waals surface area contributed by atoms with Crippen LogP contribution >= 0.6 is 11.8 Å². The van der Waals surface area contributed by atoms with Gasteiger partial charge in [-0.3, -0.25) is 4.57 Å². The third-order valence-electron chi connectivity index (χ3n) is 3.20. The largest absolute Gasteiger partial charge is 0.469 e. The molecule has 0 fully saturated rings. The number of aryl methyl sites for hydroxylation is 1. The Morgan fingerprint density at radius 3 is 2.64 bits per heavy atom. The second-order valence-corrected chi connectivity index (χ2v) is 6.06. The van der Waals surface area contributed by atoms with Crippen LogP contribution in [0.1, 0.15) is 12.7 Å². The average Bonchev–Trinajstić information content (AvgIpc) is 3.11. The third-order valence-corrected chi connectivity index (χ3v) is 4.35. The summed E-state index contributed by atoms with van der Waals surface area (Å²) in [6.45, 7) is 7.89. The maximum atomic E-state index is 5.42. The van der Waals surface area contributed by atoms with Crippen LogP contribution in [0.3, 0.4) is 0 Å². The van der Waals surface area contributed by atoms with Crippen molar-refractivity contribution < 1.29 is 4.42 Å². The number of aromatic nitrogens is 3. The molecule has 4 nitrogen and oxygen atoms in total. The summed E-state index contributed by atoms with van der Waals surface area (Å²) in [5.41, 5.74) is 3.10. The monoisotopic (exact) mass is 311 g/mol. The molecule has 0 saturated heterocycles. The van der Waals surface area contributed by atoms with Gasteiger partial charge in [0.1, 0.15) is 5.76 Å². The van der Waals surface area contributed by atoms with Crippen molar-refractivity contribution in [1.82, 2.24) is 14.8 Å². The molecule has 0 bridgehead atoms. The summed E-state index contributed by atoms with van der Waals surface area (Å²) >= 11 is 1.63. The van der Waals surface area contributed by atoms with Gasteiger partial charge < -0.3 is 4.42 Å². The van der Waals surface area contributed by atoms with Crippen LogP contribution in [0, 0.1) is 6.92 Å². The molecular weight excluding hydrogens is 294 g/mol. The molecule has 0 unspecified atom stereocenters. The summed E-state index contributed by atoms with van der Waals surface area (Å²) in [6, 6.07) is 12.0. The van der Waals surface area contributed by atoms with Gasteiger partial charge in [0.2, 0.25) is 0 Å². The van der Waals surface area contributed by atoms with Crippen molar-refractivity contribution in [1.29, 1.82) is 0 Å². The van der Waals surface area contributed by atoms with Gasteiger partial charge in [-0.2, -0.15) is 0 Å². The summed E-state index contributed by atoms with van der Waals surface area (Å²) in [4.78, 5) is 0. The molecule has 3 rings (SSSR count). The quantitative estimate of drug-likeness (QED) is 0.514. The van der Waals surface area contributed by atoms with Gasteiger partial charge in [-0.05, 0) is 32.0 Å². The van der Waals surface area contributed by atoms with Crippen LogP contribution in [0.5, 0.6) is 0 Å². The van der Waals surface area contributed by atoms with Gasteiger partial charge in [-0.25, -0.2) is 0 Å². The molecule has 1 aromatic carbocycles. The molecule has 0 aliphatic heterocycles. The lowest BCUT2D eigenvalue weighted by molar-refractivity contribution is 0.535. The number of thioether (sulfide) groups is 1. The zero-order valence-corrected chi connectivity index (χ0v) is 13.4. The number of furan rings is 1. The Balaban J connectivity index is 2.11. The van der Waals surface area contributed by atoms with E-state index in [1.54, 1.807) is 18.0 Å². The Bertz CT molecular complexity index is 789. The summed E-state index contributed by atoms with van der Waals surface area (Å²) in [5, 5.41) is 9.58. The Morgan fingerprint density at radius 2 is 2.00 bits per heavy atom. The van der Waals surface area contributed by atoms with Crippen molar-refractivity contribution in [2.45, 2.75) is 19.0 Å². The van der Waals surface area contributed by atoms with Crippen molar-refractivity contribution in [3.05, 3.63) is 60.6 Å². The number of rotatable bonds is 5.